The lowest BCUT2D eigenvalue weighted by molar-refractivity contribution is 0.175. The van der Waals surface area contributed by atoms with Crippen molar-refractivity contribution in [3.8, 4) is 0 Å². The molecule has 2 N–H and O–H groups in total. The van der Waals surface area contributed by atoms with E-state index in [1.165, 1.54) is 24.8 Å². The molecule has 1 aromatic rings. The number of rotatable bonds is 4. The molecule has 1 aliphatic rings. The lowest BCUT2D eigenvalue weighted by Crippen LogP contribution is -2.32. The summed E-state index contributed by atoms with van der Waals surface area (Å²) in [5.41, 5.74) is 7.49. The summed E-state index contributed by atoms with van der Waals surface area (Å²) in [4.78, 5) is 0. The van der Waals surface area contributed by atoms with Gasteiger partial charge in [-0.05, 0) is 56.4 Å². The van der Waals surface area contributed by atoms with Crippen LogP contribution in [0, 0.1) is 5.41 Å². The molecular formula is C13H19NO. The summed E-state index contributed by atoms with van der Waals surface area (Å²) in [6.07, 6.45) is 8.89. The summed E-state index contributed by atoms with van der Waals surface area (Å²) in [7, 11) is 0. The molecule has 0 spiro atoms. The minimum Gasteiger partial charge on any atom is -0.465 e. The van der Waals surface area contributed by atoms with Crippen LogP contribution in [0.3, 0.4) is 0 Å². The average molecular weight is 205 g/mol. The highest BCUT2D eigenvalue weighted by Crippen LogP contribution is 2.49. The fourth-order valence-corrected chi connectivity index (χ4v) is 2.46. The van der Waals surface area contributed by atoms with Crippen LogP contribution in [0.25, 0.3) is 6.08 Å². The van der Waals surface area contributed by atoms with E-state index in [0.717, 1.165) is 18.7 Å². The van der Waals surface area contributed by atoms with Gasteiger partial charge in [0.1, 0.15) is 5.76 Å². The van der Waals surface area contributed by atoms with Crippen molar-refractivity contribution in [1.82, 2.24) is 0 Å². The van der Waals surface area contributed by atoms with E-state index in [1.807, 2.05) is 12.1 Å². The Bertz CT molecular complexity index is 333. The Labute approximate surface area is 91.2 Å². The van der Waals surface area contributed by atoms with Crippen LogP contribution < -0.4 is 5.73 Å². The second kappa shape index (κ2) is 4.23. The Morgan fingerprint density at radius 1 is 1.60 bits per heavy atom. The van der Waals surface area contributed by atoms with Crippen LogP contribution in [-0.2, 0) is 0 Å². The summed E-state index contributed by atoms with van der Waals surface area (Å²) < 4.78 is 5.34. The highest BCUT2D eigenvalue weighted by molar-refractivity contribution is 5.49. The van der Waals surface area contributed by atoms with Gasteiger partial charge in [0.2, 0.25) is 0 Å². The van der Waals surface area contributed by atoms with Gasteiger partial charge in [-0.2, -0.15) is 0 Å². The van der Waals surface area contributed by atoms with Gasteiger partial charge in [0, 0.05) is 0 Å². The molecule has 15 heavy (non-hydrogen) atoms. The number of furan rings is 1. The third-order valence-corrected chi connectivity index (χ3v) is 3.67. The fourth-order valence-electron chi connectivity index (χ4n) is 2.46. The van der Waals surface area contributed by atoms with Crippen LogP contribution in [0.1, 0.15) is 38.4 Å². The minimum absolute atomic E-state index is 0.377. The van der Waals surface area contributed by atoms with Crippen molar-refractivity contribution < 1.29 is 4.42 Å². The molecule has 0 aliphatic heterocycles. The van der Waals surface area contributed by atoms with Gasteiger partial charge in [0.05, 0.1) is 6.26 Å². The minimum atomic E-state index is 0.377. The van der Waals surface area contributed by atoms with E-state index in [4.69, 9.17) is 10.2 Å². The molecule has 0 bridgehead atoms. The summed E-state index contributed by atoms with van der Waals surface area (Å²) >= 11 is 0. The maximum atomic E-state index is 5.68. The van der Waals surface area contributed by atoms with Crippen LogP contribution in [-0.4, -0.2) is 6.54 Å². The van der Waals surface area contributed by atoms with Gasteiger partial charge < -0.3 is 10.2 Å². The number of allylic oxidation sites excluding steroid dienone is 1. The Morgan fingerprint density at radius 2 is 2.40 bits per heavy atom. The third kappa shape index (κ3) is 2.00. The summed E-state index contributed by atoms with van der Waals surface area (Å²) in [5.74, 6) is 0.954. The Hall–Kier alpha value is -1.02. The lowest BCUT2D eigenvalue weighted by atomic mass is 9.62. The van der Waals surface area contributed by atoms with Gasteiger partial charge in [-0.3, -0.25) is 0 Å². The van der Waals surface area contributed by atoms with Gasteiger partial charge in [-0.25, -0.2) is 0 Å². The van der Waals surface area contributed by atoms with Crippen molar-refractivity contribution in [2.45, 2.75) is 32.6 Å². The SMILES string of the molecule is C/C(=C\c1ccco1)C1(CCN)CCC1. The van der Waals surface area contributed by atoms with E-state index in [2.05, 4.69) is 13.0 Å². The molecule has 1 aromatic heterocycles. The predicted octanol–water partition coefficient (Wildman–Crippen LogP) is 3.20. The summed E-state index contributed by atoms with van der Waals surface area (Å²) in [6, 6.07) is 3.92. The summed E-state index contributed by atoms with van der Waals surface area (Å²) in [5, 5.41) is 0. The summed E-state index contributed by atoms with van der Waals surface area (Å²) in [6.45, 7) is 2.99. The molecule has 0 saturated heterocycles. The second-order valence-corrected chi connectivity index (χ2v) is 4.52. The molecular weight excluding hydrogens is 186 g/mol. The van der Waals surface area contributed by atoms with Crippen LogP contribution in [0.15, 0.2) is 28.4 Å². The lowest BCUT2D eigenvalue weighted by Gasteiger charge is -2.43. The van der Waals surface area contributed by atoms with Crippen LogP contribution in [0.2, 0.25) is 0 Å². The third-order valence-electron chi connectivity index (χ3n) is 3.67. The maximum Gasteiger partial charge on any atom is 0.126 e. The standard InChI is InChI=1S/C13H19NO/c1-11(10-12-4-2-9-15-12)13(7-8-14)5-3-6-13/h2,4,9-10H,3,5-8,14H2,1H3/b11-10+. The van der Waals surface area contributed by atoms with Gasteiger partial charge in [-0.15, -0.1) is 0 Å². The van der Waals surface area contributed by atoms with E-state index in [9.17, 15) is 0 Å². The monoisotopic (exact) mass is 205 g/mol. The maximum absolute atomic E-state index is 5.68. The Balaban J connectivity index is 2.14. The first-order chi connectivity index (χ1) is 7.27. The first-order valence-corrected chi connectivity index (χ1v) is 5.69. The molecule has 0 aromatic carbocycles. The van der Waals surface area contributed by atoms with Crippen molar-refractivity contribution in [2.75, 3.05) is 6.54 Å². The molecule has 0 radical (unpaired) electrons. The molecule has 2 nitrogen and oxygen atoms in total. The van der Waals surface area contributed by atoms with Crippen LogP contribution in [0.5, 0.6) is 0 Å². The largest absolute Gasteiger partial charge is 0.465 e. The molecule has 82 valence electrons. The van der Waals surface area contributed by atoms with E-state index in [-0.39, 0.29) is 0 Å². The quantitative estimate of drug-likeness (QED) is 0.819. The van der Waals surface area contributed by atoms with Crippen molar-refractivity contribution >= 4 is 6.08 Å². The van der Waals surface area contributed by atoms with Gasteiger partial charge in [0.15, 0.2) is 0 Å². The van der Waals surface area contributed by atoms with E-state index in [1.54, 1.807) is 6.26 Å². The number of hydrogen-bond acceptors (Lipinski definition) is 2. The molecule has 0 amide bonds. The average Bonchev–Trinajstić information content (AvgIpc) is 2.63. The topological polar surface area (TPSA) is 39.2 Å². The van der Waals surface area contributed by atoms with Crippen LogP contribution >= 0.6 is 0 Å². The smallest absolute Gasteiger partial charge is 0.126 e. The van der Waals surface area contributed by atoms with Crippen molar-refractivity contribution in [3.05, 3.63) is 29.7 Å². The number of nitrogens with two attached hydrogens (primary N) is 1. The predicted molar refractivity (Wildman–Crippen MR) is 62.3 cm³/mol. The van der Waals surface area contributed by atoms with Crippen molar-refractivity contribution in [2.24, 2.45) is 11.1 Å². The second-order valence-electron chi connectivity index (χ2n) is 4.52. The van der Waals surface area contributed by atoms with Crippen LogP contribution in [0.4, 0.5) is 0 Å². The Kier molecular flexibility index (Phi) is 2.96. The zero-order valence-electron chi connectivity index (χ0n) is 9.33. The number of hydrogen-bond donors (Lipinski definition) is 1. The van der Waals surface area contributed by atoms with E-state index in [0.29, 0.717) is 5.41 Å². The molecule has 0 atom stereocenters. The van der Waals surface area contributed by atoms with Gasteiger partial charge in [0.25, 0.3) is 0 Å². The zero-order valence-corrected chi connectivity index (χ0v) is 9.33. The van der Waals surface area contributed by atoms with E-state index < -0.39 is 0 Å². The van der Waals surface area contributed by atoms with Crippen molar-refractivity contribution in [3.63, 3.8) is 0 Å². The first-order valence-electron chi connectivity index (χ1n) is 5.69. The fraction of sp³-hybridized carbons (Fsp3) is 0.538. The highest BCUT2D eigenvalue weighted by Gasteiger charge is 2.37. The first kappa shape index (κ1) is 10.5. The highest BCUT2D eigenvalue weighted by atomic mass is 16.3. The van der Waals surface area contributed by atoms with E-state index >= 15 is 0 Å². The molecule has 1 fully saturated rings. The van der Waals surface area contributed by atoms with Gasteiger partial charge >= 0.3 is 0 Å². The zero-order chi connectivity index (χ0) is 10.7. The molecule has 2 rings (SSSR count). The molecule has 2 heteroatoms. The molecule has 1 saturated carbocycles. The van der Waals surface area contributed by atoms with Gasteiger partial charge in [-0.1, -0.05) is 12.0 Å². The molecule has 0 unspecified atom stereocenters. The van der Waals surface area contributed by atoms with Crippen molar-refractivity contribution in [1.29, 1.82) is 0 Å². The normalized spacial score (nSPS) is 20.0. The Morgan fingerprint density at radius 3 is 2.87 bits per heavy atom. The molecule has 1 heterocycles. The molecule has 1 aliphatic carbocycles.